The van der Waals surface area contributed by atoms with Gasteiger partial charge in [-0.05, 0) is 45.2 Å². The van der Waals surface area contributed by atoms with Crippen LogP contribution in [0.15, 0.2) is 60.7 Å². The van der Waals surface area contributed by atoms with Crippen LogP contribution in [0.4, 0.5) is 4.79 Å². The van der Waals surface area contributed by atoms with Crippen molar-refractivity contribution in [3.63, 3.8) is 0 Å². The van der Waals surface area contributed by atoms with Crippen LogP contribution in [-0.2, 0) is 17.8 Å². The molecule has 0 saturated heterocycles. The Bertz CT molecular complexity index is 632. The zero-order valence-electron chi connectivity index (χ0n) is 15.0. The van der Waals surface area contributed by atoms with E-state index in [0.29, 0.717) is 6.61 Å². The number of benzene rings is 2. The molecule has 0 aliphatic heterocycles. The molecule has 0 heterocycles. The monoisotopic (exact) mass is 325 g/mol. The molecular weight excluding hydrogens is 298 g/mol. The van der Waals surface area contributed by atoms with Gasteiger partial charge in [-0.3, -0.25) is 0 Å². The zero-order valence-corrected chi connectivity index (χ0v) is 15.0. The van der Waals surface area contributed by atoms with E-state index in [1.54, 1.807) is 0 Å². The van der Waals surface area contributed by atoms with Crippen molar-refractivity contribution in [2.24, 2.45) is 0 Å². The molecule has 3 nitrogen and oxygen atoms in total. The van der Waals surface area contributed by atoms with Crippen molar-refractivity contribution in [1.29, 1.82) is 0 Å². The first-order valence-electron chi connectivity index (χ1n) is 8.42. The van der Waals surface area contributed by atoms with E-state index in [0.717, 1.165) is 12.0 Å². The third-order valence-corrected chi connectivity index (χ3v) is 3.94. The molecule has 0 saturated carbocycles. The molecule has 3 heteroatoms. The van der Waals surface area contributed by atoms with Crippen molar-refractivity contribution in [1.82, 2.24) is 4.90 Å². The molecule has 0 N–H and O–H groups in total. The summed E-state index contributed by atoms with van der Waals surface area (Å²) in [5.41, 5.74) is 1.91. The molecule has 0 bridgehead atoms. The van der Waals surface area contributed by atoms with Gasteiger partial charge in [0, 0.05) is 11.6 Å². The molecule has 0 unspecified atom stereocenters. The summed E-state index contributed by atoms with van der Waals surface area (Å²) in [5, 5.41) is 0. The number of hydrogen-bond acceptors (Lipinski definition) is 2. The third-order valence-electron chi connectivity index (χ3n) is 3.94. The molecule has 1 amide bonds. The lowest BCUT2D eigenvalue weighted by atomic mass is 10.00. The molecule has 0 radical (unpaired) electrons. The summed E-state index contributed by atoms with van der Waals surface area (Å²) < 4.78 is 5.56. The van der Waals surface area contributed by atoms with Gasteiger partial charge in [0.2, 0.25) is 0 Å². The molecule has 0 aromatic heterocycles. The molecule has 0 spiro atoms. The molecule has 0 aliphatic rings. The van der Waals surface area contributed by atoms with Gasteiger partial charge in [0.15, 0.2) is 0 Å². The fourth-order valence-electron chi connectivity index (χ4n) is 2.95. The fourth-order valence-corrected chi connectivity index (χ4v) is 2.95. The van der Waals surface area contributed by atoms with Gasteiger partial charge in [-0.25, -0.2) is 4.79 Å². The summed E-state index contributed by atoms with van der Waals surface area (Å²) in [6.07, 6.45) is 0.535. The lowest BCUT2D eigenvalue weighted by Crippen LogP contribution is -2.51. The number of hydrogen-bond donors (Lipinski definition) is 0. The highest BCUT2D eigenvalue weighted by Crippen LogP contribution is 2.21. The van der Waals surface area contributed by atoms with E-state index in [4.69, 9.17) is 4.74 Å². The topological polar surface area (TPSA) is 29.5 Å². The van der Waals surface area contributed by atoms with Gasteiger partial charge in [0.1, 0.15) is 6.61 Å². The summed E-state index contributed by atoms with van der Waals surface area (Å²) in [6, 6.07) is 20.1. The molecular formula is C21H27NO2. The van der Waals surface area contributed by atoms with Crippen LogP contribution >= 0.6 is 0 Å². The molecule has 128 valence electrons. The van der Waals surface area contributed by atoms with Crippen molar-refractivity contribution in [2.45, 2.75) is 52.3 Å². The van der Waals surface area contributed by atoms with Crippen LogP contribution in [-0.4, -0.2) is 22.6 Å². The van der Waals surface area contributed by atoms with E-state index >= 15 is 0 Å². The van der Waals surface area contributed by atoms with Gasteiger partial charge in [-0.2, -0.15) is 0 Å². The fraction of sp³-hybridized carbons (Fsp3) is 0.381. The first-order valence-corrected chi connectivity index (χ1v) is 8.42. The molecule has 0 aliphatic carbocycles. The number of carbonyl (C=O) groups excluding carboxylic acids is 1. The summed E-state index contributed by atoms with van der Waals surface area (Å²) in [4.78, 5) is 14.5. The summed E-state index contributed by atoms with van der Waals surface area (Å²) in [5.74, 6) is 0. The van der Waals surface area contributed by atoms with Crippen molar-refractivity contribution in [3.05, 3.63) is 71.8 Å². The van der Waals surface area contributed by atoms with Crippen LogP contribution in [0.5, 0.6) is 0 Å². The predicted octanol–water partition coefficient (Wildman–Crippen LogP) is 5.05. The number of ether oxygens (including phenoxy) is 1. The highest BCUT2D eigenvalue weighted by molar-refractivity contribution is 5.69. The molecule has 24 heavy (non-hydrogen) atoms. The van der Waals surface area contributed by atoms with E-state index < -0.39 is 0 Å². The minimum atomic E-state index is -0.304. The lowest BCUT2D eigenvalue weighted by molar-refractivity contribution is 0.0437. The Morgan fingerprint density at radius 2 is 1.46 bits per heavy atom. The van der Waals surface area contributed by atoms with Crippen molar-refractivity contribution in [3.8, 4) is 0 Å². The second kappa shape index (κ2) is 8.00. The Morgan fingerprint density at radius 1 is 0.958 bits per heavy atom. The minimum absolute atomic E-state index is 0.0515. The predicted molar refractivity (Wildman–Crippen MR) is 97.8 cm³/mol. The lowest BCUT2D eigenvalue weighted by Gasteiger charge is -2.39. The molecule has 2 aromatic rings. The smallest absolute Gasteiger partial charge is 0.410 e. The average molecular weight is 325 g/mol. The summed E-state index contributed by atoms with van der Waals surface area (Å²) in [6.45, 7) is 8.49. The Morgan fingerprint density at radius 3 is 1.96 bits per heavy atom. The van der Waals surface area contributed by atoms with E-state index in [1.165, 1.54) is 5.56 Å². The Hall–Kier alpha value is -2.29. The summed E-state index contributed by atoms with van der Waals surface area (Å²) >= 11 is 0. The van der Waals surface area contributed by atoms with Gasteiger partial charge in [0.25, 0.3) is 0 Å². The van der Waals surface area contributed by atoms with Crippen molar-refractivity contribution in [2.75, 3.05) is 0 Å². The SMILES string of the molecule is C[C@H](Cc1ccccc1)N(C(=O)OCc1ccccc1)C(C)(C)C. The van der Waals surface area contributed by atoms with E-state index in [1.807, 2.05) is 74.2 Å². The quantitative estimate of drug-likeness (QED) is 0.769. The van der Waals surface area contributed by atoms with Gasteiger partial charge in [-0.15, -0.1) is 0 Å². The van der Waals surface area contributed by atoms with Gasteiger partial charge in [0.05, 0.1) is 0 Å². The first-order chi connectivity index (χ1) is 11.4. The van der Waals surface area contributed by atoms with Crippen LogP contribution in [0.3, 0.4) is 0 Å². The molecule has 2 aromatic carbocycles. The van der Waals surface area contributed by atoms with E-state index in [2.05, 4.69) is 19.1 Å². The maximum Gasteiger partial charge on any atom is 0.410 e. The third kappa shape index (κ3) is 5.12. The normalized spacial score (nSPS) is 12.5. The van der Waals surface area contributed by atoms with Crippen LogP contribution < -0.4 is 0 Å². The number of nitrogens with zero attached hydrogens (tertiary/aromatic N) is 1. The number of carbonyl (C=O) groups is 1. The standard InChI is InChI=1S/C21H27NO2/c1-17(15-18-11-7-5-8-12-18)22(21(2,3)4)20(23)24-16-19-13-9-6-10-14-19/h5-14,17H,15-16H2,1-4H3/t17-/m1/s1. The molecule has 1 atom stereocenters. The first kappa shape index (κ1) is 18.1. The average Bonchev–Trinajstić information content (AvgIpc) is 2.53. The zero-order chi connectivity index (χ0) is 17.6. The Balaban J connectivity index is 2.05. The Kier molecular flexibility index (Phi) is 6.02. The maximum atomic E-state index is 12.7. The van der Waals surface area contributed by atoms with E-state index in [9.17, 15) is 4.79 Å². The highest BCUT2D eigenvalue weighted by Gasteiger charge is 2.32. The van der Waals surface area contributed by atoms with Gasteiger partial charge < -0.3 is 9.64 Å². The minimum Gasteiger partial charge on any atom is -0.445 e. The highest BCUT2D eigenvalue weighted by atomic mass is 16.6. The van der Waals surface area contributed by atoms with Crippen LogP contribution in [0.25, 0.3) is 0 Å². The molecule has 0 fully saturated rings. The maximum absolute atomic E-state index is 12.7. The van der Waals surface area contributed by atoms with E-state index in [-0.39, 0.29) is 17.7 Å². The van der Waals surface area contributed by atoms with Crippen LogP contribution in [0.1, 0.15) is 38.8 Å². The summed E-state index contributed by atoms with van der Waals surface area (Å²) in [7, 11) is 0. The number of rotatable bonds is 5. The van der Waals surface area contributed by atoms with Crippen molar-refractivity contribution >= 4 is 6.09 Å². The Labute approximate surface area is 145 Å². The number of amides is 1. The second-order valence-electron chi connectivity index (χ2n) is 7.12. The van der Waals surface area contributed by atoms with Crippen molar-refractivity contribution < 1.29 is 9.53 Å². The van der Waals surface area contributed by atoms with Crippen LogP contribution in [0.2, 0.25) is 0 Å². The van der Waals surface area contributed by atoms with Gasteiger partial charge in [-0.1, -0.05) is 60.7 Å². The van der Waals surface area contributed by atoms with Crippen LogP contribution in [0, 0.1) is 0 Å². The molecule has 2 rings (SSSR count). The second-order valence-corrected chi connectivity index (χ2v) is 7.12. The largest absolute Gasteiger partial charge is 0.445 e. The van der Waals surface area contributed by atoms with Gasteiger partial charge >= 0.3 is 6.09 Å².